The zero-order valence-electron chi connectivity index (χ0n) is 16.3. The van der Waals surface area contributed by atoms with Crippen molar-refractivity contribution in [3.8, 4) is 5.75 Å². The Morgan fingerprint density at radius 1 is 1.37 bits per heavy atom. The Balaban J connectivity index is 1.64. The summed E-state index contributed by atoms with van der Waals surface area (Å²) in [5.74, 6) is 0.642. The Morgan fingerprint density at radius 2 is 2.15 bits per heavy atom. The highest BCUT2D eigenvalue weighted by molar-refractivity contribution is 5.95. The molecule has 1 heterocycles. The topological polar surface area (TPSA) is 79.9 Å². The summed E-state index contributed by atoms with van der Waals surface area (Å²) >= 11 is 0. The second-order valence-electron chi connectivity index (χ2n) is 7.39. The van der Waals surface area contributed by atoms with Crippen LogP contribution in [0.5, 0.6) is 5.75 Å². The first-order valence-corrected chi connectivity index (χ1v) is 9.56. The third-order valence-electron chi connectivity index (χ3n) is 5.53. The molecule has 2 aliphatic rings. The Bertz CT molecular complexity index is 702. The molecule has 0 spiro atoms. The van der Waals surface area contributed by atoms with Gasteiger partial charge >= 0.3 is 0 Å². The minimum atomic E-state index is -0.151. The van der Waals surface area contributed by atoms with Gasteiger partial charge in [-0.3, -0.25) is 9.59 Å². The molecule has 1 aliphatic heterocycles. The van der Waals surface area contributed by atoms with E-state index in [9.17, 15) is 9.59 Å². The van der Waals surface area contributed by atoms with Crippen molar-refractivity contribution in [3.63, 3.8) is 0 Å². The van der Waals surface area contributed by atoms with E-state index in [2.05, 4.69) is 17.6 Å². The highest BCUT2D eigenvalue weighted by Gasteiger charge is 2.42. The van der Waals surface area contributed by atoms with Crippen molar-refractivity contribution in [3.05, 3.63) is 23.8 Å². The van der Waals surface area contributed by atoms with E-state index in [0.29, 0.717) is 31.7 Å². The van der Waals surface area contributed by atoms with Gasteiger partial charge in [-0.25, -0.2) is 0 Å². The summed E-state index contributed by atoms with van der Waals surface area (Å²) in [6.45, 7) is 3.49. The van der Waals surface area contributed by atoms with Crippen molar-refractivity contribution in [2.75, 3.05) is 38.8 Å². The first kappa shape index (κ1) is 19.5. The van der Waals surface area contributed by atoms with E-state index in [-0.39, 0.29) is 23.4 Å². The average Bonchev–Trinajstić information content (AvgIpc) is 3.44. The van der Waals surface area contributed by atoms with Crippen molar-refractivity contribution in [1.29, 1.82) is 0 Å². The highest BCUT2D eigenvalue weighted by Crippen LogP contribution is 2.39. The molecular formula is C20H29N3O4. The lowest BCUT2D eigenvalue weighted by Gasteiger charge is -2.36. The van der Waals surface area contributed by atoms with Crippen LogP contribution in [0, 0.1) is 0 Å². The van der Waals surface area contributed by atoms with Gasteiger partial charge in [0.15, 0.2) is 0 Å². The van der Waals surface area contributed by atoms with Crippen LogP contribution in [0.4, 0.5) is 5.69 Å². The predicted molar refractivity (Wildman–Crippen MR) is 103 cm³/mol. The molecule has 0 unspecified atom stereocenters. The van der Waals surface area contributed by atoms with Crippen LogP contribution in [0.1, 0.15) is 43.0 Å². The smallest absolute Gasteiger partial charge is 0.251 e. The van der Waals surface area contributed by atoms with Gasteiger partial charge in [0.1, 0.15) is 12.4 Å². The van der Waals surface area contributed by atoms with Crippen molar-refractivity contribution in [2.24, 2.45) is 0 Å². The summed E-state index contributed by atoms with van der Waals surface area (Å²) in [7, 11) is 3.54. The van der Waals surface area contributed by atoms with Gasteiger partial charge in [-0.05, 0) is 37.5 Å². The Hall–Kier alpha value is -2.28. The van der Waals surface area contributed by atoms with Gasteiger partial charge < -0.3 is 25.0 Å². The van der Waals surface area contributed by atoms with Crippen molar-refractivity contribution < 1.29 is 19.1 Å². The quantitative estimate of drug-likeness (QED) is 0.676. The number of fused-ring (bicyclic) bond motifs is 1. The van der Waals surface area contributed by atoms with Gasteiger partial charge in [-0.15, -0.1) is 0 Å². The van der Waals surface area contributed by atoms with E-state index in [1.807, 2.05) is 24.1 Å². The summed E-state index contributed by atoms with van der Waals surface area (Å²) in [6.07, 6.45) is 3.48. The minimum Gasteiger partial charge on any atom is -0.489 e. The lowest BCUT2D eigenvalue weighted by atomic mass is 10.1. The molecule has 27 heavy (non-hydrogen) atoms. The number of likely N-dealkylation sites (N-methyl/N-ethyl adjacent to an activating group) is 1. The molecule has 1 fully saturated rings. The SMILES string of the molecule is CCC1(NC(=O)C[C@H]2COc3ccc(C(=O)NCCOC)cc3N2C)CC1. The summed E-state index contributed by atoms with van der Waals surface area (Å²) in [4.78, 5) is 26.8. The van der Waals surface area contributed by atoms with Crippen molar-refractivity contribution in [2.45, 2.75) is 44.2 Å². The standard InChI is InChI=1S/C20H29N3O4/c1-4-20(7-8-20)22-18(24)12-15-13-27-17-6-5-14(11-16(17)23(15)2)19(25)21-9-10-26-3/h5-6,11,15H,4,7-10,12-13H2,1-3H3,(H,21,25)(H,22,24)/t15-/m0/s1. The van der Waals surface area contributed by atoms with Crippen molar-refractivity contribution in [1.82, 2.24) is 10.6 Å². The van der Waals surface area contributed by atoms with E-state index in [0.717, 1.165) is 30.7 Å². The third-order valence-corrected chi connectivity index (χ3v) is 5.53. The molecule has 2 N–H and O–H groups in total. The Morgan fingerprint density at radius 3 is 2.81 bits per heavy atom. The van der Waals surface area contributed by atoms with Gasteiger partial charge in [-0.1, -0.05) is 6.92 Å². The molecule has 2 amide bonds. The van der Waals surface area contributed by atoms with Crippen LogP contribution in [0.3, 0.4) is 0 Å². The Kier molecular flexibility index (Phi) is 5.89. The fraction of sp³-hybridized carbons (Fsp3) is 0.600. The van der Waals surface area contributed by atoms with Crippen molar-refractivity contribution >= 4 is 17.5 Å². The summed E-state index contributed by atoms with van der Waals surface area (Å²) in [6, 6.07) is 5.32. The van der Waals surface area contributed by atoms with E-state index in [1.54, 1.807) is 13.2 Å². The molecular weight excluding hydrogens is 346 g/mol. The third kappa shape index (κ3) is 4.53. The number of anilines is 1. The van der Waals surface area contributed by atoms with Crippen LogP contribution >= 0.6 is 0 Å². The molecule has 7 heteroatoms. The maximum Gasteiger partial charge on any atom is 0.251 e. The van der Waals surface area contributed by atoms with E-state index < -0.39 is 0 Å². The van der Waals surface area contributed by atoms with Gasteiger partial charge in [0, 0.05) is 31.8 Å². The molecule has 148 valence electrons. The Labute approximate surface area is 160 Å². The van der Waals surface area contributed by atoms with Crippen LogP contribution in [0.15, 0.2) is 18.2 Å². The van der Waals surface area contributed by atoms with Gasteiger partial charge in [0.05, 0.1) is 24.8 Å². The number of nitrogens with zero attached hydrogens (tertiary/aromatic N) is 1. The van der Waals surface area contributed by atoms with Gasteiger partial charge in [-0.2, -0.15) is 0 Å². The normalized spacial score (nSPS) is 19.7. The number of hydrogen-bond acceptors (Lipinski definition) is 5. The number of carbonyl (C=O) groups is 2. The fourth-order valence-electron chi connectivity index (χ4n) is 3.39. The van der Waals surface area contributed by atoms with E-state index >= 15 is 0 Å². The molecule has 1 atom stereocenters. The summed E-state index contributed by atoms with van der Waals surface area (Å²) < 4.78 is 10.8. The largest absolute Gasteiger partial charge is 0.489 e. The number of rotatable bonds is 8. The first-order chi connectivity index (χ1) is 13.0. The number of carbonyl (C=O) groups excluding carboxylic acids is 2. The zero-order valence-corrected chi connectivity index (χ0v) is 16.3. The summed E-state index contributed by atoms with van der Waals surface area (Å²) in [5, 5.41) is 5.99. The monoisotopic (exact) mass is 375 g/mol. The molecule has 1 aromatic rings. The van der Waals surface area contributed by atoms with E-state index in [1.165, 1.54) is 0 Å². The zero-order chi connectivity index (χ0) is 19.4. The minimum absolute atomic E-state index is 0.0244. The van der Waals surface area contributed by atoms with Gasteiger partial charge in [0.2, 0.25) is 5.91 Å². The molecule has 7 nitrogen and oxygen atoms in total. The van der Waals surface area contributed by atoms with Crippen LogP contribution < -0.4 is 20.3 Å². The van der Waals surface area contributed by atoms with Crippen LogP contribution in [0.25, 0.3) is 0 Å². The number of nitrogens with one attached hydrogen (secondary N) is 2. The van der Waals surface area contributed by atoms with Crippen LogP contribution in [0.2, 0.25) is 0 Å². The second-order valence-corrected chi connectivity index (χ2v) is 7.39. The molecule has 1 aliphatic carbocycles. The van der Waals surface area contributed by atoms with Crippen LogP contribution in [-0.2, 0) is 9.53 Å². The maximum atomic E-state index is 12.4. The lowest BCUT2D eigenvalue weighted by Crippen LogP contribution is -2.46. The lowest BCUT2D eigenvalue weighted by molar-refractivity contribution is -0.122. The number of methoxy groups -OCH3 is 1. The molecule has 1 aromatic carbocycles. The maximum absolute atomic E-state index is 12.4. The average molecular weight is 375 g/mol. The predicted octanol–water partition coefficient (Wildman–Crippen LogP) is 1.71. The van der Waals surface area contributed by atoms with Crippen LogP contribution in [-0.4, -0.2) is 57.3 Å². The van der Waals surface area contributed by atoms with E-state index in [4.69, 9.17) is 9.47 Å². The first-order valence-electron chi connectivity index (χ1n) is 9.56. The molecule has 1 saturated carbocycles. The fourth-order valence-corrected chi connectivity index (χ4v) is 3.39. The molecule has 0 saturated heterocycles. The molecule has 0 radical (unpaired) electrons. The molecule has 0 bridgehead atoms. The summed E-state index contributed by atoms with van der Waals surface area (Å²) in [5.41, 5.74) is 1.42. The number of hydrogen-bond donors (Lipinski definition) is 2. The molecule has 3 rings (SSSR count). The number of ether oxygens (including phenoxy) is 2. The highest BCUT2D eigenvalue weighted by atomic mass is 16.5. The number of benzene rings is 1. The second kappa shape index (κ2) is 8.17. The van der Waals surface area contributed by atoms with Gasteiger partial charge in [0.25, 0.3) is 5.91 Å². The molecule has 0 aromatic heterocycles. The number of amides is 2.